The Morgan fingerprint density at radius 2 is 2.11 bits per heavy atom. The van der Waals surface area contributed by atoms with Gasteiger partial charge >= 0.3 is 0 Å². The van der Waals surface area contributed by atoms with Crippen molar-refractivity contribution in [3.05, 3.63) is 51.2 Å². The van der Waals surface area contributed by atoms with Crippen LogP contribution >= 0.6 is 22.9 Å². The number of hydrogen-bond acceptors (Lipinski definition) is 5. The molecule has 3 heterocycles. The number of fused-ring (bicyclic) bond motifs is 1. The van der Waals surface area contributed by atoms with Gasteiger partial charge < -0.3 is 9.42 Å². The van der Waals surface area contributed by atoms with Gasteiger partial charge in [-0.2, -0.15) is 0 Å². The summed E-state index contributed by atoms with van der Waals surface area (Å²) in [5.74, 6) is 1.08. The Labute approximate surface area is 173 Å². The Kier molecular flexibility index (Phi) is 5.71. The first kappa shape index (κ1) is 19.4. The minimum absolute atomic E-state index is 0.193. The number of carbonyl (C=O) groups is 1. The second kappa shape index (κ2) is 8.23. The molecule has 1 aromatic carbocycles. The molecule has 0 N–H and O–H groups in total. The number of hydrogen-bond donors (Lipinski definition) is 0. The van der Waals surface area contributed by atoms with Gasteiger partial charge in [0.25, 0.3) is 0 Å². The first-order chi connectivity index (χ1) is 13.5. The van der Waals surface area contributed by atoms with E-state index in [2.05, 4.69) is 15.4 Å². The van der Waals surface area contributed by atoms with Crippen LogP contribution in [-0.4, -0.2) is 47.0 Å². The van der Waals surface area contributed by atoms with E-state index in [1.165, 1.54) is 10.3 Å². The predicted molar refractivity (Wildman–Crippen MR) is 113 cm³/mol. The van der Waals surface area contributed by atoms with Gasteiger partial charge in [0, 0.05) is 48.0 Å². The molecule has 28 heavy (non-hydrogen) atoms. The second-order valence-corrected chi connectivity index (χ2v) is 8.74. The van der Waals surface area contributed by atoms with E-state index in [9.17, 15) is 4.79 Å². The highest BCUT2D eigenvalue weighted by molar-refractivity contribution is 7.17. The number of benzene rings is 1. The third-order valence-electron chi connectivity index (χ3n) is 5.46. The van der Waals surface area contributed by atoms with Gasteiger partial charge in [-0.25, -0.2) is 0 Å². The molecular weight excluding hydrogens is 394 g/mol. The zero-order valence-corrected chi connectivity index (χ0v) is 17.8. The van der Waals surface area contributed by atoms with E-state index < -0.39 is 0 Å². The van der Waals surface area contributed by atoms with Crippen molar-refractivity contribution in [2.75, 3.05) is 26.2 Å². The maximum atomic E-state index is 12.9. The van der Waals surface area contributed by atoms with Gasteiger partial charge in [-0.1, -0.05) is 16.8 Å². The molecule has 1 saturated heterocycles. The molecule has 0 bridgehead atoms. The number of halogens is 1. The zero-order valence-electron chi connectivity index (χ0n) is 16.2. The summed E-state index contributed by atoms with van der Waals surface area (Å²) in [6.45, 7) is 8.18. The van der Waals surface area contributed by atoms with Gasteiger partial charge in [0.05, 0.1) is 12.1 Å². The van der Waals surface area contributed by atoms with E-state index in [1.54, 1.807) is 11.3 Å². The minimum Gasteiger partial charge on any atom is -0.361 e. The molecule has 5 nitrogen and oxygen atoms in total. The molecule has 1 amide bonds. The largest absolute Gasteiger partial charge is 0.361 e. The molecule has 0 atom stereocenters. The van der Waals surface area contributed by atoms with Gasteiger partial charge in [0.2, 0.25) is 5.91 Å². The van der Waals surface area contributed by atoms with Gasteiger partial charge in [-0.3, -0.25) is 9.69 Å². The van der Waals surface area contributed by atoms with E-state index in [0.717, 1.165) is 61.5 Å². The molecule has 4 rings (SSSR count). The molecule has 0 aliphatic carbocycles. The Hall–Kier alpha value is -1.89. The SMILES string of the molecule is Cc1noc(C)c1CN1CCCN(C(=O)Cc2csc3ccc(Cl)cc23)CC1. The summed E-state index contributed by atoms with van der Waals surface area (Å²) in [4.78, 5) is 17.3. The fraction of sp³-hybridized carbons (Fsp3) is 0.429. The fourth-order valence-corrected chi connectivity index (χ4v) is 4.91. The lowest BCUT2D eigenvalue weighted by atomic mass is 10.1. The summed E-state index contributed by atoms with van der Waals surface area (Å²) < 4.78 is 6.45. The monoisotopic (exact) mass is 417 g/mol. The summed E-state index contributed by atoms with van der Waals surface area (Å²) in [6, 6.07) is 5.88. The molecule has 1 fully saturated rings. The molecule has 1 aliphatic heterocycles. The van der Waals surface area contributed by atoms with Crippen LogP contribution in [0.4, 0.5) is 0 Å². The van der Waals surface area contributed by atoms with Crippen molar-refractivity contribution in [3.63, 3.8) is 0 Å². The Morgan fingerprint density at radius 1 is 1.25 bits per heavy atom. The summed E-state index contributed by atoms with van der Waals surface area (Å²) in [6.07, 6.45) is 1.41. The molecule has 148 valence electrons. The lowest BCUT2D eigenvalue weighted by Gasteiger charge is -2.22. The van der Waals surface area contributed by atoms with Crippen molar-refractivity contribution in [3.8, 4) is 0 Å². The number of amides is 1. The van der Waals surface area contributed by atoms with Crippen molar-refractivity contribution < 1.29 is 9.32 Å². The van der Waals surface area contributed by atoms with Crippen molar-refractivity contribution in [1.29, 1.82) is 0 Å². The van der Waals surface area contributed by atoms with Gasteiger partial charge in [-0.15, -0.1) is 11.3 Å². The predicted octanol–water partition coefficient (Wildman–Crippen LogP) is 4.44. The quantitative estimate of drug-likeness (QED) is 0.629. The molecular formula is C21H24ClN3O2S. The summed E-state index contributed by atoms with van der Waals surface area (Å²) in [5.41, 5.74) is 3.20. The van der Waals surface area contributed by atoms with Crippen LogP contribution in [0.1, 0.15) is 29.0 Å². The van der Waals surface area contributed by atoms with Crippen LogP contribution in [0.15, 0.2) is 28.1 Å². The third-order valence-corrected chi connectivity index (χ3v) is 6.71. The van der Waals surface area contributed by atoms with E-state index in [1.807, 2.05) is 36.9 Å². The average Bonchev–Trinajstić information content (AvgIpc) is 3.10. The first-order valence-electron chi connectivity index (χ1n) is 9.59. The molecule has 0 saturated carbocycles. The minimum atomic E-state index is 0.193. The molecule has 0 unspecified atom stereocenters. The molecule has 7 heteroatoms. The molecule has 0 spiro atoms. The van der Waals surface area contributed by atoms with Crippen LogP contribution in [-0.2, 0) is 17.8 Å². The van der Waals surface area contributed by atoms with Crippen molar-refractivity contribution >= 4 is 38.9 Å². The van der Waals surface area contributed by atoms with Crippen LogP contribution in [0.3, 0.4) is 0 Å². The van der Waals surface area contributed by atoms with Gasteiger partial charge in [0.1, 0.15) is 5.76 Å². The maximum absolute atomic E-state index is 12.9. The maximum Gasteiger partial charge on any atom is 0.227 e. The van der Waals surface area contributed by atoms with Crippen LogP contribution in [0.5, 0.6) is 0 Å². The molecule has 3 aromatic rings. The Balaban J connectivity index is 1.39. The second-order valence-electron chi connectivity index (χ2n) is 7.39. The number of aryl methyl sites for hydroxylation is 2. The number of thiophene rings is 1. The number of rotatable bonds is 4. The highest BCUT2D eigenvalue weighted by Gasteiger charge is 2.22. The number of nitrogens with zero attached hydrogens (tertiary/aromatic N) is 3. The van der Waals surface area contributed by atoms with E-state index >= 15 is 0 Å². The van der Waals surface area contributed by atoms with Crippen LogP contribution in [0, 0.1) is 13.8 Å². The standard InChI is InChI=1S/C21H24ClN3O2S/c1-14-19(15(2)27-23-14)12-24-6-3-7-25(9-8-24)21(26)10-16-13-28-20-5-4-17(22)11-18(16)20/h4-5,11,13H,3,6-10,12H2,1-2H3. The van der Waals surface area contributed by atoms with Gasteiger partial charge in [0.15, 0.2) is 0 Å². The first-order valence-corrected chi connectivity index (χ1v) is 10.8. The fourth-order valence-electron chi connectivity index (χ4n) is 3.80. The highest BCUT2D eigenvalue weighted by Crippen LogP contribution is 2.29. The van der Waals surface area contributed by atoms with Crippen molar-refractivity contribution in [1.82, 2.24) is 15.0 Å². The topological polar surface area (TPSA) is 49.6 Å². The molecule has 0 radical (unpaired) electrons. The van der Waals surface area contributed by atoms with Crippen LogP contribution in [0.2, 0.25) is 5.02 Å². The normalized spacial score (nSPS) is 15.9. The average molecular weight is 418 g/mol. The number of aromatic nitrogens is 1. The van der Waals surface area contributed by atoms with Crippen LogP contribution < -0.4 is 0 Å². The van der Waals surface area contributed by atoms with Gasteiger partial charge in [-0.05, 0) is 54.8 Å². The summed E-state index contributed by atoms with van der Waals surface area (Å²) in [5, 5.41) is 7.94. The van der Waals surface area contributed by atoms with Crippen molar-refractivity contribution in [2.24, 2.45) is 0 Å². The van der Waals surface area contributed by atoms with E-state index in [-0.39, 0.29) is 5.91 Å². The number of carbonyl (C=O) groups excluding carboxylic acids is 1. The smallest absolute Gasteiger partial charge is 0.227 e. The Morgan fingerprint density at radius 3 is 2.89 bits per heavy atom. The van der Waals surface area contributed by atoms with E-state index in [4.69, 9.17) is 16.1 Å². The van der Waals surface area contributed by atoms with Crippen LogP contribution in [0.25, 0.3) is 10.1 Å². The molecule has 2 aromatic heterocycles. The lowest BCUT2D eigenvalue weighted by Crippen LogP contribution is -2.36. The zero-order chi connectivity index (χ0) is 19.7. The summed E-state index contributed by atoms with van der Waals surface area (Å²) in [7, 11) is 0. The summed E-state index contributed by atoms with van der Waals surface area (Å²) >= 11 is 7.81. The third kappa shape index (κ3) is 4.09. The van der Waals surface area contributed by atoms with E-state index in [0.29, 0.717) is 11.4 Å². The molecule has 1 aliphatic rings. The Bertz CT molecular complexity index is 977. The van der Waals surface area contributed by atoms with Crippen molar-refractivity contribution in [2.45, 2.75) is 33.2 Å². The lowest BCUT2D eigenvalue weighted by molar-refractivity contribution is -0.130. The highest BCUT2D eigenvalue weighted by atomic mass is 35.5.